The van der Waals surface area contributed by atoms with E-state index in [0.29, 0.717) is 6.04 Å². The van der Waals surface area contributed by atoms with Crippen LogP contribution in [0.4, 0.5) is 0 Å². The zero-order valence-corrected chi connectivity index (χ0v) is 13.2. The highest BCUT2D eigenvalue weighted by Gasteiger charge is 2.03. The average Bonchev–Trinajstić information content (AvgIpc) is 2.34. The molecule has 0 aliphatic heterocycles. The lowest BCUT2D eigenvalue weighted by atomic mass is 10.1. The molecule has 0 amide bonds. The van der Waals surface area contributed by atoms with Gasteiger partial charge in [-0.15, -0.1) is 0 Å². The van der Waals surface area contributed by atoms with Crippen molar-refractivity contribution in [3.05, 3.63) is 34.3 Å². The van der Waals surface area contributed by atoms with E-state index < -0.39 is 0 Å². The number of hydrogen-bond acceptors (Lipinski definition) is 2. The van der Waals surface area contributed by atoms with Gasteiger partial charge in [0.15, 0.2) is 0 Å². The normalized spacial score (nSPS) is 12.9. The minimum atomic E-state index is 0.367. The molecule has 1 aromatic rings. The first-order valence-corrected chi connectivity index (χ1v) is 7.45. The second kappa shape index (κ2) is 8.68. The molecule has 0 saturated carbocycles. The molecule has 0 saturated heterocycles. The van der Waals surface area contributed by atoms with Crippen molar-refractivity contribution in [2.24, 2.45) is 5.92 Å². The van der Waals surface area contributed by atoms with Crippen molar-refractivity contribution in [2.75, 3.05) is 19.8 Å². The molecule has 0 unspecified atom stereocenters. The topological polar surface area (TPSA) is 21.3 Å². The van der Waals surface area contributed by atoms with Gasteiger partial charge in [0.2, 0.25) is 0 Å². The predicted molar refractivity (Wildman–Crippen MR) is 80.8 cm³/mol. The maximum absolute atomic E-state index is 5.58. The molecule has 1 N–H and O–H groups in total. The van der Waals surface area contributed by atoms with E-state index in [4.69, 9.17) is 4.74 Å². The molecule has 0 aliphatic carbocycles. The van der Waals surface area contributed by atoms with Gasteiger partial charge >= 0.3 is 0 Å². The van der Waals surface area contributed by atoms with Crippen molar-refractivity contribution in [2.45, 2.75) is 33.2 Å². The lowest BCUT2D eigenvalue weighted by molar-refractivity contribution is 0.123. The molecule has 0 aliphatic rings. The summed E-state index contributed by atoms with van der Waals surface area (Å²) in [4.78, 5) is 0. The third kappa shape index (κ3) is 6.53. The smallest absolute Gasteiger partial charge is 0.0591 e. The Morgan fingerprint density at radius 3 is 2.39 bits per heavy atom. The fourth-order valence-electron chi connectivity index (χ4n) is 1.64. The van der Waals surface area contributed by atoms with Gasteiger partial charge in [0, 0.05) is 23.7 Å². The van der Waals surface area contributed by atoms with Crippen LogP contribution in [0, 0.1) is 5.92 Å². The van der Waals surface area contributed by atoms with Crippen molar-refractivity contribution in [1.82, 2.24) is 5.32 Å². The first kappa shape index (κ1) is 15.7. The van der Waals surface area contributed by atoms with Crippen LogP contribution in [-0.2, 0) is 4.74 Å². The van der Waals surface area contributed by atoms with Gasteiger partial charge in [0.1, 0.15) is 0 Å². The van der Waals surface area contributed by atoms with E-state index in [1.54, 1.807) is 0 Å². The van der Waals surface area contributed by atoms with E-state index in [2.05, 4.69) is 66.3 Å². The van der Waals surface area contributed by atoms with Crippen LogP contribution < -0.4 is 5.32 Å². The number of ether oxygens (including phenoxy) is 1. The first-order valence-electron chi connectivity index (χ1n) is 6.66. The summed E-state index contributed by atoms with van der Waals surface area (Å²) in [7, 11) is 0. The fraction of sp³-hybridized carbons (Fsp3) is 0.600. The Morgan fingerprint density at radius 2 is 1.78 bits per heavy atom. The second-order valence-electron chi connectivity index (χ2n) is 5.02. The van der Waals surface area contributed by atoms with Gasteiger partial charge in [-0.1, -0.05) is 41.9 Å². The molecule has 0 aromatic heterocycles. The summed E-state index contributed by atoms with van der Waals surface area (Å²) in [5.74, 6) is 0.722. The Bertz CT molecular complexity index is 324. The Balaban J connectivity index is 2.13. The van der Waals surface area contributed by atoms with E-state index >= 15 is 0 Å². The van der Waals surface area contributed by atoms with Gasteiger partial charge in [0.05, 0.1) is 6.61 Å². The summed E-state index contributed by atoms with van der Waals surface area (Å²) in [6, 6.07) is 8.80. The largest absolute Gasteiger partial charge is 0.380 e. The molecule has 1 atom stereocenters. The second-order valence-corrected chi connectivity index (χ2v) is 5.94. The summed E-state index contributed by atoms with van der Waals surface area (Å²) in [5, 5.41) is 3.47. The minimum Gasteiger partial charge on any atom is -0.380 e. The highest BCUT2D eigenvalue weighted by Crippen LogP contribution is 2.16. The maximum Gasteiger partial charge on any atom is 0.0591 e. The van der Waals surface area contributed by atoms with E-state index in [1.165, 1.54) is 5.56 Å². The third-order valence-electron chi connectivity index (χ3n) is 2.91. The molecular weight excluding hydrogens is 290 g/mol. The molecule has 0 spiro atoms. The van der Waals surface area contributed by atoms with Crippen molar-refractivity contribution in [1.29, 1.82) is 0 Å². The Hall–Kier alpha value is -0.380. The molecule has 0 bridgehead atoms. The van der Waals surface area contributed by atoms with Gasteiger partial charge in [0.25, 0.3) is 0 Å². The van der Waals surface area contributed by atoms with E-state index in [0.717, 1.165) is 36.6 Å². The highest BCUT2D eigenvalue weighted by molar-refractivity contribution is 9.10. The molecule has 1 rings (SSSR count). The summed E-state index contributed by atoms with van der Waals surface area (Å²) in [6.07, 6.45) is 1.14. The Kier molecular flexibility index (Phi) is 7.56. The van der Waals surface area contributed by atoms with Gasteiger partial charge in [-0.05, 0) is 37.0 Å². The Morgan fingerprint density at radius 1 is 1.11 bits per heavy atom. The lowest BCUT2D eigenvalue weighted by Crippen LogP contribution is -2.23. The van der Waals surface area contributed by atoms with Crippen LogP contribution >= 0.6 is 15.9 Å². The molecule has 0 heterocycles. The standard InChI is InChI=1S/C15H24BrNO/c1-12(2)8-10-18-11-9-17-13(3)14-4-6-15(16)7-5-14/h4-7,12-13,17H,8-11H2,1-3H3/t13-/m1/s1. The number of hydrogen-bond donors (Lipinski definition) is 1. The Labute approximate surface area is 119 Å². The van der Waals surface area contributed by atoms with Gasteiger partial charge < -0.3 is 10.1 Å². The average molecular weight is 314 g/mol. The van der Waals surface area contributed by atoms with Crippen LogP contribution in [0.3, 0.4) is 0 Å². The van der Waals surface area contributed by atoms with Gasteiger partial charge in [-0.25, -0.2) is 0 Å². The monoisotopic (exact) mass is 313 g/mol. The third-order valence-corrected chi connectivity index (χ3v) is 3.44. The van der Waals surface area contributed by atoms with Gasteiger partial charge in [-0.2, -0.15) is 0 Å². The summed E-state index contributed by atoms with van der Waals surface area (Å²) in [6.45, 7) is 9.17. The van der Waals surface area contributed by atoms with Crippen LogP contribution in [0.15, 0.2) is 28.7 Å². The maximum atomic E-state index is 5.58. The molecule has 18 heavy (non-hydrogen) atoms. The molecular formula is C15H24BrNO. The number of benzene rings is 1. The fourth-order valence-corrected chi connectivity index (χ4v) is 1.90. The minimum absolute atomic E-state index is 0.367. The van der Waals surface area contributed by atoms with E-state index in [9.17, 15) is 0 Å². The zero-order valence-electron chi connectivity index (χ0n) is 11.6. The predicted octanol–water partition coefficient (Wildman–Crippen LogP) is 4.16. The molecule has 0 radical (unpaired) electrons. The number of nitrogens with one attached hydrogen (secondary N) is 1. The van der Waals surface area contributed by atoms with Crippen LogP contribution in [0.2, 0.25) is 0 Å². The zero-order chi connectivity index (χ0) is 13.4. The summed E-state index contributed by atoms with van der Waals surface area (Å²) in [5.41, 5.74) is 1.31. The van der Waals surface area contributed by atoms with Crippen LogP contribution in [0.5, 0.6) is 0 Å². The van der Waals surface area contributed by atoms with Crippen molar-refractivity contribution < 1.29 is 4.74 Å². The molecule has 3 heteroatoms. The van der Waals surface area contributed by atoms with E-state index in [-0.39, 0.29) is 0 Å². The van der Waals surface area contributed by atoms with Crippen molar-refractivity contribution in [3.63, 3.8) is 0 Å². The van der Waals surface area contributed by atoms with Crippen molar-refractivity contribution >= 4 is 15.9 Å². The first-order chi connectivity index (χ1) is 8.59. The quantitative estimate of drug-likeness (QED) is 0.727. The van der Waals surface area contributed by atoms with Crippen LogP contribution in [0.1, 0.15) is 38.8 Å². The highest BCUT2D eigenvalue weighted by atomic mass is 79.9. The molecule has 0 fully saturated rings. The van der Waals surface area contributed by atoms with Crippen LogP contribution in [-0.4, -0.2) is 19.8 Å². The summed E-state index contributed by atoms with van der Waals surface area (Å²) >= 11 is 3.45. The molecule has 1 aromatic carbocycles. The molecule has 102 valence electrons. The van der Waals surface area contributed by atoms with Gasteiger partial charge in [-0.3, -0.25) is 0 Å². The number of halogens is 1. The molecule has 2 nitrogen and oxygen atoms in total. The lowest BCUT2D eigenvalue weighted by Gasteiger charge is -2.14. The van der Waals surface area contributed by atoms with Crippen LogP contribution in [0.25, 0.3) is 0 Å². The summed E-state index contributed by atoms with van der Waals surface area (Å²) < 4.78 is 6.70. The van der Waals surface area contributed by atoms with E-state index in [1.807, 2.05) is 0 Å². The number of rotatable bonds is 8. The SMILES string of the molecule is CC(C)CCOCCN[C@H](C)c1ccc(Br)cc1. The van der Waals surface area contributed by atoms with Crippen molar-refractivity contribution in [3.8, 4) is 0 Å².